The molecule has 3 aromatic carbocycles. The monoisotopic (exact) mass is 613 g/mol. The van der Waals surface area contributed by atoms with Crippen molar-refractivity contribution in [2.45, 2.75) is 65.3 Å². The average Bonchev–Trinajstić information content (AvgIpc) is 3.21. The third-order valence-corrected chi connectivity index (χ3v) is 8.50. The molecule has 1 fully saturated rings. The number of carboxylic acid groups (broad SMARTS) is 1. The normalized spacial score (nSPS) is 20.2. The van der Waals surface area contributed by atoms with Crippen molar-refractivity contribution in [1.82, 2.24) is 4.90 Å². The predicted molar refractivity (Wildman–Crippen MR) is 155 cm³/mol. The van der Waals surface area contributed by atoms with Gasteiger partial charge in [-0.2, -0.15) is 13.2 Å². The fraction of sp³-hybridized carbons (Fsp3) is 0.353. The molecule has 1 N–H and O–H groups in total. The lowest BCUT2D eigenvalue weighted by Crippen LogP contribution is -2.35. The first-order valence-corrected chi connectivity index (χ1v) is 14.2. The lowest BCUT2D eigenvalue weighted by atomic mass is 9.72. The first kappa shape index (κ1) is 31.2. The van der Waals surface area contributed by atoms with Crippen LogP contribution >= 0.6 is 0 Å². The van der Waals surface area contributed by atoms with Gasteiger partial charge in [0, 0.05) is 17.7 Å². The molecule has 0 bridgehead atoms. The van der Waals surface area contributed by atoms with E-state index in [1.807, 2.05) is 0 Å². The van der Waals surface area contributed by atoms with E-state index in [4.69, 9.17) is 4.74 Å². The second-order valence-corrected chi connectivity index (χ2v) is 12.4. The van der Waals surface area contributed by atoms with Crippen molar-refractivity contribution in [1.29, 1.82) is 0 Å². The number of cyclic esters (lactones) is 1. The predicted octanol–water partition coefficient (Wildman–Crippen LogP) is 9.20. The Hall–Kier alpha value is -4.21. The van der Waals surface area contributed by atoms with E-state index in [1.165, 1.54) is 29.2 Å². The number of amides is 1. The minimum absolute atomic E-state index is 0.0254. The molecule has 0 saturated carbocycles. The molecule has 3 aromatic rings. The van der Waals surface area contributed by atoms with Gasteiger partial charge in [-0.1, -0.05) is 37.6 Å². The summed E-state index contributed by atoms with van der Waals surface area (Å²) in [6.07, 6.45) is -4.10. The number of alkyl halides is 3. The molecule has 1 aliphatic carbocycles. The van der Waals surface area contributed by atoms with Crippen molar-refractivity contribution in [2.75, 3.05) is 6.54 Å². The molecule has 0 aromatic heterocycles. The molecule has 0 spiro atoms. The highest BCUT2D eigenvalue weighted by Gasteiger charge is 2.42. The smallest absolute Gasteiger partial charge is 0.416 e. The zero-order chi connectivity index (χ0) is 32.1. The van der Waals surface area contributed by atoms with E-state index in [2.05, 4.69) is 13.8 Å². The summed E-state index contributed by atoms with van der Waals surface area (Å²) in [4.78, 5) is 25.9. The Bertz CT molecular complexity index is 1680. The summed E-state index contributed by atoms with van der Waals surface area (Å²) in [6, 6.07) is 10.7. The Labute approximate surface area is 252 Å². The highest BCUT2D eigenvalue weighted by Crippen LogP contribution is 2.45. The summed E-state index contributed by atoms with van der Waals surface area (Å²) in [5.41, 5.74) is 1.77. The number of carboxylic acids is 1. The van der Waals surface area contributed by atoms with Crippen molar-refractivity contribution in [3.8, 4) is 11.1 Å². The molecular formula is C34H32F5NO4. The Morgan fingerprint density at radius 2 is 1.75 bits per heavy atom. The SMILES string of the molecule is Cc1cc([C@H]2OC(=O)N(CC3=C(c4ccc(F)c(-c5ccc(C(=O)O)cc5F)c4)CCC(C)(C)C3)[C@H]2C)cc(C(F)(F)F)c1. The zero-order valence-corrected chi connectivity index (χ0v) is 24.7. The maximum absolute atomic E-state index is 15.0. The lowest BCUT2D eigenvalue weighted by molar-refractivity contribution is -0.137. The van der Waals surface area contributed by atoms with Crippen LogP contribution in [0.5, 0.6) is 0 Å². The highest BCUT2D eigenvalue weighted by molar-refractivity contribution is 5.88. The third-order valence-electron chi connectivity index (χ3n) is 8.50. The quantitative estimate of drug-likeness (QED) is 0.282. The van der Waals surface area contributed by atoms with E-state index in [9.17, 15) is 32.3 Å². The Kier molecular flexibility index (Phi) is 8.07. The van der Waals surface area contributed by atoms with Crippen molar-refractivity contribution < 1.29 is 41.4 Å². The van der Waals surface area contributed by atoms with Gasteiger partial charge in [-0.25, -0.2) is 18.4 Å². The van der Waals surface area contributed by atoms with Gasteiger partial charge >= 0.3 is 18.2 Å². The Morgan fingerprint density at radius 3 is 2.41 bits per heavy atom. The van der Waals surface area contributed by atoms with E-state index in [0.29, 0.717) is 24.0 Å². The number of halogens is 5. The van der Waals surface area contributed by atoms with E-state index >= 15 is 4.39 Å². The molecular weight excluding hydrogens is 581 g/mol. The topological polar surface area (TPSA) is 66.8 Å². The van der Waals surface area contributed by atoms with E-state index in [0.717, 1.165) is 35.8 Å². The van der Waals surface area contributed by atoms with Crippen LogP contribution in [0.2, 0.25) is 0 Å². The largest absolute Gasteiger partial charge is 0.478 e. The van der Waals surface area contributed by atoms with Crippen LogP contribution in [0, 0.1) is 24.0 Å². The summed E-state index contributed by atoms with van der Waals surface area (Å²) in [6.45, 7) is 7.64. The molecule has 5 nitrogen and oxygen atoms in total. The maximum atomic E-state index is 15.0. The molecule has 44 heavy (non-hydrogen) atoms. The number of aromatic carboxylic acids is 1. The van der Waals surface area contributed by atoms with Crippen LogP contribution in [-0.4, -0.2) is 34.7 Å². The number of carbonyl (C=O) groups excluding carboxylic acids is 1. The minimum Gasteiger partial charge on any atom is -0.478 e. The third kappa shape index (κ3) is 6.21. The van der Waals surface area contributed by atoms with Crippen LogP contribution < -0.4 is 0 Å². The Morgan fingerprint density at radius 1 is 1.02 bits per heavy atom. The second-order valence-electron chi connectivity index (χ2n) is 12.4. The first-order chi connectivity index (χ1) is 20.5. The van der Waals surface area contributed by atoms with Crippen LogP contribution in [0.3, 0.4) is 0 Å². The lowest BCUT2D eigenvalue weighted by Gasteiger charge is -2.35. The van der Waals surface area contributed by atoms with Crippen LogP contribution in [0.1, 0.15) is 78.7 Å². The van der Waals surface area contributed by atoms with Crippen molar-refractivity contribution in [2.24, 2.45) is 5.41 Å². The fourth-order valence-electron chi connectivity index (χ4n) is 6.20. The van der Waals surface area contributed by atoms with Gasteiger partial charge in [-0.3, -0.25) is 4.90 Å². The van der Waals surface area contributed by atoms with Crippen LogP contribution in [-0.2, 0) is 10.9 Å². The van der Waals surface area contributed by atoms with Crippen LogP contribution in [0.15, 0.2) is 60.2 Å². The molecule has 2 atom stereocenters. The molecule has 1 aliphatic heterocycles. The van der Waals surface area contributed by atoms with Crippen molar-refractivity contribution >= 4 is 17.6 Å². The summed E-state index contributed by atoms with van der Waals surface area (Å²) >= 11 is 0. The van der Waals surface area contributed by atoms with Crippen molar-refractivity contribution in [3.63, 3.8) is 0 Å². The van der Waals surface area contributed by atoms with Gasteiger partial charge in [0.25, 0.3) is 0 Å². The van der Waals surface area contributed by atoms with E-state index < -0.39 is 47.6 Å². The van der Waals surface area contributed by atoms with Gasteiger partial charge in [0.15, 0.2) is 0 Å². The zero-order valence-electron chi connectivity index (χ0n) is 24.7. The molecule has 1 saturated heterocycles. The molecule has 5 rings (SSSR count). The molecule has 10 heteroatoms. The second kappa shape index (κ2) is 11.4. The van der Waals surface area contributed by atoms with Crippen LogP contribution in [0.4, 0.5) is 26.7 Å². The Balaban J connectivity index is 1.51. The molecule has 0 radical (unpaired) electrons. The molecule has 232 valence electrons. The summed E-state index contributed by atoms with van der Waals surface area (Å²) in [5.74, 6) is -2.85. The molecule has 1 heterocycles. The fourth-order valence-corrected chi connectivity index (χ4v) is 6.20. The highest BCUT2D eigenvalue weighted by atomic mass is 19.4. The van der Waals surface area contributed by atoms with Gasteiger partial charge in [0.05, 0.1) is 17.2 Å². The number of rotatable bonds is 6. The van der Waals surface area contributed by atoms with Gasteiger partial charge in [0.1, 0.15) is 17.7 Å². The number of benzene rings is 3. The van der Waals surface area contributed by atoms with Gasteiger partial charge in [0.2, 0.25) is 0 Å². The minimum atomic E-state index is -4.55. The number of carbonyl (C=O) groups is 2. The molecule has 0 unspecified atom stereocenters. The van der Waals surface area contributed by atoms with E-state index in [-0.39, 0.29) is 34.2 Å². The number of ether oxygens (including phenoxy) is 1. The summed E-state index contributed by atoms with van der Waals surface area (Å²) in [5, 5.41) is 9.17. The van der Waals surface area contributed by atoms with Crippen LogP contribution in [0.25, 0.3) is 16.7 Å². The summed E-state index contributed by atoms with van der Waals surface area (Å²) in [7, 11) is 0. The number of aryl methyl sites for hydroxylation is 1. The van der Waals surface area contributed by atoms with Gasteiger partial charge in [-0.05, 0) is 97.2 Å². The molecule has 2 aliphatic rings. The number of hydrogen-bond acceptors (Lipinski definition) is 3. The first-order valence-electron chi connectivity index (χ1n) is 14.2. The molecule has 1 amide bonds. The summed E-state index contributed by atoms with van der Waals surface area (Å²) < 4.78 is 76.1. The average molecular weight is 614 g/mol. The van der Waals surface area contributed by atoms with Crippen molar-refractivity contribution in [3.05, 3.63) is 99.6 Å². The van der Waals surface area contributed by atoms with E-state index in [1.54, 1.807) is 26.0 Å². The van der Waals surface area contributed by atoms with Gasteiger partial charge < -0.3 is 9.84 Å². The maximum Gasteiger partial charge on any atom is 0.416 e. The van der Waals surface area contributed by atoms with Gasteiger partial charge in [-0.15, -0.1) is 0 Å². The number of nitrogens with zero attached hydrogens (tertiary/aromatic N) is 1. The standard InChI is InChI=1S/C34H32F5NO4/c1-18-11-22(13-24(12-18)34(37,38)39)30-19(2)40(32(43)44-30)17-23-16-33(3,4)10-9-25(23)20-6-8-28(35)27(14-20)26-7-5-21(31(41)42)15-29(26)36/h5-8,11-15,19,30H,9-10,16-17H2,1-4H3,(H,41,42)/t19-,30-/m0/s1. The number of allylic oxidation sites excluding steroid dienone is 1. The number of hydrogen-bond donors (Lipinski definition) is 1.